The highest BCUT2D eigenvalue weighted by Crippen LogP contribution is 2.31. The van der Waals surface area contributed by atoms with E-state index in [1.807, 2.05) is 0 Å². The Morgan fingerprint density at radius 2 is 2.10 bits per heavy atom. The van der Waals surface area contributed by atoms with Gasteiger partial charge in [0.1, 0.15) is 17.9 Å². The van der Waals surface area contributed by atoms with E-state index in [1.54, 1.807) is 0 Å². The quantitative estimate of drug-likeness (QED) is 0.757. The van der Waals surface area contributed by atoms with E-state index in [2.05, 4.69) is 10.1 Å². The van der Waals surface area contributed by atoms with Crippen LogP contribution < -0.4 is 5.73 Å². The van der Waals surface area contributed by atoms with Gasteiger partial charge in [-0.2, -0.15) is 5.10 Å². The third-order valence-electron chi connectivity index (χ3n) is 2.93. The topological polar surface area (TPSA) is 93.5 Å². The van der Waals surface area contributed by atoms with E-state index in [-0.39, 0.29) is 22.1 Å². The zero-order valence-electron chi connectivity index (χ0n) is 10.4. The van der Waals surface area contributed by atoms with Crippen molar-refractivity contribution in [1.29, 1.82) is 0 Å². The van der Waals surface area contributed by atoms with Crippen LogP contribution in [-0.4, -0.2) is 25.6 Å². The van der Waals surface area contributed by atoms with Crippen molar-refractivity contribution < 1.29 is 14.3 Å². The van der Waals surface area contributed by atoms with Gasteiger partial charge in [-0.25, -0.2) is 13.9 Å². The molecule has 2 aromatic heterocycles. The molecule has 0 aliphatic rings. The first kappa shape index (κ1) is 13.3. The van der Waals surface area contributed by atoms with Crippen molar-refractivity contribution in [3.05, 3.63) is 47.1 Å². The van der Waals surface area contributed by atoms with E-state index >= 15 is 0 Å². The number of fused-ring (bicyclic) bond motifs is 1. The first-order chi connectivity index (χ1) is 9.97. The summed E-state index contributed by atoms with van der Waals surface area (Å²) in [5.41, 5.74) is 6.03. The average Bonchev–Trinajstić information content (AvgIpc) is 2.84. The van der Waals surface area contributed by atoms with E-state index < -0.39 is 11.7 Å². The van der Waals surface area contributed by atoms with Gasteiger partial charge in [-0.05, 0) is 29.8 Å². The molecule has 1 amide bonds. The molecule has 0 aliphatic carbocycles. The molecule has 2 heterocycles. The highest BCUT2D eigenvalue weighted by molar-refractivity contribution is 6.30. The molecule has 0 spiro atoms. The van der Waals surface area contributed by atoms with Crippen molar-refractivity contribution in [2.75, 3.05) is 0 Å². The van der Waals surface area contributed by atoms with Crippen molar-refractivity contribution >= 4 is 23.2 Å². The molecule has 0 saturated carbocycles. The molecular formula is C13H8ClFN4O2. The lowest BCUT2D eigenvalue weighted by Crippen LogP contribution is -2.16. The van der Waals surface area contributed by atoms with E-state index in [4.69, 9.17) is 17.3 Å². The van der Waals surface area contributed by atoms with E-state index in [9.17, 15) is 14.3 Å². The maximum Gasteiger partial charge on any atom is 0.271 e. The number of carbonyl (C=O) groups excluding carboxylic acids is 1. The number of nitrogens with zero attached hydrogens (tertiary/aromatic N) is 3. The van der Waals surface area contributed by atoms with Crippen LogP contribution in [0, 0.1) is 5.82 Å². The zero-order valence-corrected chi connectivity index (χ0v) is 11.2. The summed E-state index contributed by atoms with van der Waals surface area (Å²) in [6, 6.07) is 5.18. The van der Waals surface area contributed by atoms with Gasteiger partial charge in [0.2, 0.25) is 0 Å². The Balaban J connectivity index is 2.36. The predicted octanol–water partition coefficient (Wildman–Crippen LogP) is 1.99. The maximum absolute atomic E-state index is 13.5. The number of aromatic hydroxyl groups is 1. The summed E-state index contributed by atoms with van der Waals surface area (Å²) in [6.07, 6.45) is 1.20. The summed E-state index contributed by atoms with van der Waals surface area (Å²) < 4.78 is 14.6. The number of hydrogen-bond donors (Lipinski definition) is 2. The minimum absolute atomic E-state index is 0.195. The lowest BCUT2D eigenvalue weighted by atomic mass is 10.1. The third-order valence-corrected chi connectivity index (χ3v) is 3.15. The molecule has 0 aliphatic heterocycles. The molecule has 21 heavy (non-hydrogen) atoms. The van der Waals surface area contributed by atoms with Crippen LogP contribution in [0.15, 0.2) is 30.6 Å². The summed E-state index contributed by atoms with van der Waals surface area (Å²) in [6.45, 7) is 0. The van der Waals surface area contributed by atoms with Gasteiger partial charge in [0, 0.05) is 10.6 Å². The summed E-state index contributed by atoms with van der Waals surface area (Å²) in [5, 5.41) is 14.0. The predicted molar refractivity (Wildman–Crippen MR) is 73.6 cm³/mol. The van der Waals surface area contributed by atoms with Crippen LogP contribution in [0.5, 0.6) is 5.75 Å². The van der Waals surface area contributed by atoms with Crippen LogP contribution in [0.25, 0.3) is 16.8 Å². The molecule has 0 fully saturated rings. The second kappa shape index (κ2) is 4.71. The van der Waals surface area contributed by atoms with Gasteiger partial charge in [-0.1, -0.05) is 11.6 Å². The summed E-state index contributed by atoms with van der Waals surface area (Å²) in [5.74, 6) is -1.77. The Hall–Kier alpha value is -2.67. The number of pyridine rings is 1. The molecule has 1 aromatic carbocycles. The molecule has 8 heteroatoms. The first-order valence-electron chi connectivity index (χ1n) is 5.79. The molecule has 6 nitrogen and oxygen atoms in total. The fourth-order valence-corrected chi connectivity index (χ4v) is 2.34. The number of carbonyl (C=O) groups is 1. The second-order valence-corrected chi connectivity index (χ2v) is 4.75. The summed E-state index contributed by atoms with van der Waals surface area (Å²) in [7, 11) is 0. The smallest absolute Gasteiger partial charge is 0.271 e. The largest absolute Gasteiger partial charge is 0.505 e. The molecule has 0 atom stereocenters. The van der Waals surface area contributed by atoms with Crippen LogP contribution >= 0.6 is 11.6 Å². The van der Waals surface area contributed by atoms with Crippen molar-refractivity contribution in [2.45, 2.75) is 0 Å². The van der Waals surface area contributed by atoms with Crippen LogP contribution in [0.3, 0.4) is 0 Å². The van der Waals surface area contributed by atoms with Gasteiger partial charge in [0.15, 0.2) is 11.3 Å². The Bertz CT molecular complexity index is 858. The van der Waals surface area contributed by atoms with Gasteiger partial charge in [-0.15, -0.1) is 0 Å². The van der Waals surface area contributed by atoms with Crippen molar-refractivity contribution in [3.8, 4) is 16.9 Å². The number of nitrogens with two attached hydrogens (primary N) is 1. The van der Waals surface area contributed by atoms with E-state index in [0.717, 1.165) is 10.6 Å². The third kappa shape index (κ3) is 2.17. The molecule has 0 radical (unpaired) electrons. The monoisotopic (exact) mass is 306 g/mol. The van der Waals surface area contributed by atoms with Crippen LogP contribution in [0.2, 0.25) is 5.02 Å². The normalized spacial score (nSPS) is 11.0. The lowest BCUT2D eigenvalue weighted by molar-refractivity contribution is 0.0990. The lowest BCUT2D eigenvalue weighted by Gasteiger charge is -2.09. The molecule has 3 rings (SSSR count). The minimum atomic E-state index is -0.855. The maximum atomic E-state index is 13.5. The number of hydrogen-bond acceptors (Lipinski definition) is 4. The molecular weight excluding hydrogens is 299 g/mol. The summed E-state index contributed by atoms with van der Waals surface area (Å²) >= 11 is 5.83. The Labute approximate surface area is 122 Å². The number of benzene rings is 1. The minimum Gasteiger partial charge on any atom is -0.505 e. The van der Waals surface area contributed by atoms with Crippen LogP contribution in [0.4, 0.5) is 4.39 Å². The highest BCUT2D eigenvalue weighted by atomic mass is 35.5. The molecule has 0 bridgehead atoms. The van der Waals surface area contributed by atoms with Gasteiger partial charge in [0.05, 0.1) is 0 Å². The van der Waals surface area contributed by atoms with Gasteiger partial charge in [0.25, 0.3) is 5.91 Å². The molecule has 106 valence electrons. The van der Waals surface area contributed by atoms with Crippen LogP contribution in [-0.2, 0) is 0 Å². The average molecular weight is 307 g/mol. The number of aromatic nitrogens is 3. The first-order valence-corrected chi connectivity index (χ1v) is 6.17. The number of amides is 1. The number of rotatable bonds is 2. The summed E-state index contributed by atoms with van der Waals surface area (Å²) in [4.78, 5) is 15.4. The Kier molecular flexibility index (Phi) is 2.99. The van der Waals surface area contributed by atoms with Gasteiger partial charge >= 0.3 is 0 Å². The van der Waals surface area contributed by atoms with Crippen molar-refractivity contribution in [1.82, 2.24) is 14.6 Å². The van der Waals surface area contributed by atoms with Crippen molar-refractivity contribution in [3.63, 3.8) is 0 Å². The molecule has 0 unspecified atom stereocenters. The fraction of sp³-hybridized carbons (Fsp3) is 0. The standard InChI is InChI=1S/C13H8ClFN4O2/c14-7-1-6(2-8(15)3-7)9-4-10(20)11(12(16)21)19-13(9)17-5-18-19/h1-5,20H,(H2,16,21). The van der Waals surface area contributed by atoms with E-state index in [0.29, 0.717) is 11.1 Å². The fourth-order valence-electron chi connectivity index (χ4n) is 2.12. The highest BCUT2D eigenvalue weighted by Gasteiger charge is 2.19. The van der Waals surface area contributed by atoms with Gasteiger partial charge < -0.3 is 10.8 Å². The van der Waals surface area contributed by atoms with Gasteiger partial charge in [-0.3, -0.25) is 4.79 Å². The Morgan fingerprint density at radius 3 is 2.76 bits per heavy atom. The SMILES string of the molecule is NC(=O)c1c(O)cc(-c2cc(F)cc(Cl)c2)c2ncnn12. The van der Waals surface area contributed by atoms with Crippen LogP contribution in [0.1, 0.15) is 10.5 Å². The number of halogens is 2. The molecule has 0 saturated heterocycles. The van der Waals surface area contributed by atoms with E-state index in [1.165, 1.54) is 24.5 Å². The molecule has 3 N–H and O–H groups in total. The van der Waals surface area contributed by atoms with Crippen molar-refractivity contribution in [2.24, 2.45) is 5.73 Å². The Morgan fingerprint density at radius 1 is 1.33 bits per heavy atom. The number of primary amides is 1. The molecule has 3 aromatic rings. The second-order valence-electron chi connectivity index (χ2n) is 4.31. The zero-order chi connectivity index (χ0) is 15.1.